The Morgan fingerprint density at radius 2 is 2.15 bits per heavy atom. The van der Waals surface area contributed by atoms with Crippen molar-refractivity contribution in [1.82, 2.24) is 10.4 Å². The van der Waals surface area contributed by atoms with Gasteiger partial charge in [-0.05, 0) is 31.4 Å². The van der Waals surface area contributed by atoms with Crippen molar-refractivity contribution in [3.8, 4) is 0 Å². The van der Waals surface area contributed by atoms with Crippen molar-refractivity contribution in [3.63, 3.8) is 0 Å². The van der Waals surface area contributed by atoms with Crippen LogP contribution in [-0.4, -0.2) is 36.6 Å². The van der Waals surface area contributed by atoms with E-state index in [9.17, 15) is 9.59 Å². The highest BCUT2D eigenvalue weighted by Crippen LogP contribution is 2.19. The minimum absolute atomic E-state index is 0.0188. The number of carbonyl (C=O) groups is 2. The fourth-order valence-corrected chi connectivity index (χ4v) is 2.26. The molecule has 1 fully saturated rings. The van der Waals surface area contributed by atoms with Crippen molar-refractivity contribution in [2.75, 3.05) is 19.7 Å². The number of hydroxylamine groups is 2. The third-order valence-corrected chi connectivity index (χ3v) is 3.49. The lowest BCUT2D eigenvalue weighted by atomic mass is 9.96. The molecule has 1 aromatic rings. The lowest BCUT2D eigenvalue weighted by Gasteiger charge is -2.17. The summed E-state index contributed by atoms with van der Waals surface area (Å²) in [4.78, 5) is 29.0. The molecule has 1 atom stereocenters. The summed E-state index contributed by atoms with van der Waals surface area (Å²) in [6, 6.07) is 7.76. The van der Waals surface area contributed by atoms with Gasteiger partial charge in [0.1, 0.15) is 0 Å². The fraction of sp³-hybridized carbons (Fsp3) is 0.467. The molecule has 1 N–H and O–H groups in total. The standard InChI is InChI=1S/C15H20N2O3/c1-11-6-3-4-7-13(11)12(2)15(19)16-10-14(18)17-8-5-9-20-17/h3-4,6-7,12H,5,8-10H2,1-2H3,(H,16,19). The number of hydrogen-bond acceptors (Lipinski definition) is 3. The molecular formula is C15H20N2O3. The van der Waals surface area contributed by atoms with E-state index in [1.54, 1.807) is 0 Å². The van der Waals surface area contributed by atoms with Crippen molar-refractivity contribution in [2.45, 2.75) is 26.2 Å². The molecule has 1 saturated heterocycles. The summed E-state index contributed by atoms with van der Waals surface area (Å²) in [6.45, 7) is 4.97. The zero-order chi connectivity index (χ0) is 14.5. The molecule has 108 valence electrons. The average Bonchev–Trinajstić information content (AvgIpc) is 2.98. The van der Waals surface area contributed by atoms with Gasteiger partial charge in [0.2, 0.25) is 5.91 Å². The van der Waals surface area contributed by atoms with Crippen molar-refractivity contribution in [1.29, 1.82) is 0 Å². The number of amides is 2. The summed E-state index contributed by atoms with van der Waals surface area (Å²) < 4.78 is 0. The Labute approximate surface area is 118 Å². The van der Waals surface area contributed by atoms with Crippen molar-refractivity contribution < 1.29 is 14.4 Å². The molecule has 0 spiro atoms. The van der Waals surface area contributed by atoms with Gasteiger partial charge in [0, 0.05) is 0 Å². The number of benzene rings is 1. The molecule has 5 nitrogen and oxygen atoms in total. The Morgan fingerprint density at radius 1 is 1.40 bits per heavy atom. The van der Waals surface area contributed by atoms with Gasteiger partial charge in [0.05, 0.1) is 25.6 Å². The second-order valence-corrected chi connectivity index (χ2v) is 4.98. The summed E-state index contributed by atoms with van der Waals surface area (Å²) in [5, 5.41) is 3.99. The van der Waals surface area contributed by atoms with Crippen molar-refractivity contribution >= 4 is 11.8 Å². The van der Waals surface area contributed by atoms with E-state index in [1.807, 2.05) is 38.1 Å². The predicted molar refractivity (Wildman–Crippen MR) is 74.9 cm³/mol. The van der Waals surface area contributed by atoms with Gasteiger partial charge in [-0.15, -0.1) is 0 Å². The molecule has 0 aliphatic carbocycles. The quantitative estimate of drug-likeness (QED) is 0.904. The summed E-state index contributed by atoms with van der Waals surface area (Å²) in [5.74, 6) is -0.622. The van der Waals surface area contributed by atoms with Gasteiger partial charge in [-0.1, -0.05) is 24.3 Å². The van der Waals surface area contributed by atoms with E-state index in [0.717, 1.165) is 17.5 Å². The van der Waals surface area contributed by atoms with Crippen LogP contribution in [0.25, 0.3) is 0 Å². The van der Waals surface area contributed by atoms with Gasteiger partial charge in [0.25, 0.3) is 5.91 Å². The van der Waals surface area contributed by atoms with Gasteiger partial charge in [-0.2, -0.15) is 0 Å². The van der Waals surface area contributed by atoms with E-state index in [0.29, 0.717) is 13.2 Å². The molecule has 1 aliphatic rings. The smallest absolute Gasteiger partial charge is 0.265 e. The first-order valence-electron chi connectivity index (χ1n) is 6.86. The highest BCUT2D eigenvalue weighted by molar-refractivity contribution is 5.88. The molecule has 2 amide bonds. The van der Waals surface area contributed by atoms with Crippen molar-refractivity contribution in [3.05, 3.63) is 35.4 Å². The van der Waals surface area contributed by atoms with Crippen LogP contribution < -0.4 is 5.32 Å². The van der Waals surface area contributed by atoms with Gasteiger partial charge in [0.15, 0.2) is 0 Å². The minimum atomic E-state index is -0.275. The fourth-order valence-electron chi connectivity index (χ4n) is 2.26. The number of nitrogens with zero attached hydrogens (tertiary/aromatic N) is 1. The zero-order valence-corrected chi connectivity index (χ0v) is 11.9. The summed E-state index contributed by atoms with van der Waals surface area (Å²) in [7, 11) is 0. The Morgan fingerprint density at radius 3 is 2.80 bits per heavy atom. The highest BCUT2D eigenvalue weighted by Gasteiger charge is 2.22. The van der Waals surface area contributed by atoms with E-state index in [1.165, 1.54) is 5.06 Å². The van der Waals surface area contributed by atoms with E-state index >= 15 is 0 Å². The lowest BCUT2D eigenvalue weighted by molar-refractivity contribution is -0.168. The molecule has 1 unspecified atom stereocenters. The minimum Gasteiger partial charge on any atom is -0.346 e. The summed E-state index contributed by atoms with van der Waals surface area (Å²) >= 11 is 0. The zero-order valence-electron chi connectivity index (χ0n) is 11.9. The first-order chi connectivity index (χ1) is 9.59. The summed E-state index contributed by atoms with van der Waals surface area (Å²) in [5.41, 5.74) is 2.05. The van der Waals surface area contributed by atoms with E-state index in [4.69, 9.17) is 4.84 Å². The van der Waals surface area contributed by atoms with Gasteiger partial charge in [-0.3, -0.25) is 14.4 Å². The number of hydrogen-bond donors (Lipinski definition) is 1. The Bertz CT molecular complexity index is 496. The molecular weight excluding hydrogens is 256 g/mol. The third-order valence-electron chi connectivity index (χ3n) is 3.49. The number of aryl methyl sites for hydroxylation is 1. The Hall–Kier alpha value is -1.88. The molecule has 0 radical (unpaired) electrons. The normalized spacial score (nSPS) is 16.0. The monoisotopic (exact) mass is 276 g/mol. The van der Waals surface area contributed by atoms with Crippen LogP contribution in [0.2, 0.25) is 0 Å². The van der Waals surface area contributed by atoms with Gasteiger partial charge < -0.3 is 5.32 Å². The number of rotatable bonds is 4. The number of carbonyl (C=O) groups excluding carboxylic acids is 2. The van der Waals surface area contributed by atoms with Crippen LogP contribution in [0.5, 0.6) is 0 Å². The second-order valence-electron chi connectivity index (χ2n) is 4.98. The molecule has 0 saturated carbocycles. The Kier molecular flexibility index (Phi) is 4.74. The molecule has 0 bridgehead atoms. The molecule has 2 rings (SSSR count). The first-order valence-corrected chi connectivity index (χ1v) is 6.86. The molecule has 20 heavy (non-hydrogen) atoms. The van der Waals surface area contributed by atoms with E-state index < -0.39 is 0 Å². The van der Waals surface area contributed by atoms with Crippen LogP contribution in [0.15, 0.2) is 24.3 Å². The maximum Gasteiger partial charge on any atom is 0.265 e. The maximum absolute atomic E-state index is 12.1. The third kappa shape index (κ3) is 3.36. The Balaban J connectivity index is 1.88. The second kappa shape index (κ2) is 6.52. The SMILES string of the molecule is Cc1ccccc1C(C)C(=O)NCC(=O)N1CCCO1. The van der Waals surface area contributed by atoms with E-state index in [2.05, 4.69) is 5.32 Å². The van der Waals surface area contributed by atoms with Gasteiger partial charge >= 0.3 is 0 Å². The maximum atomic E-state index is 12.1. The highest BCUT2D eigenvalue weighted by atomic mass is 16.7. The van der Waals surface area contributed by atoms with Gasteiger partial charge in [-0.25, -0.2) is 5.06 Å². The predicted octanol–water partition coefficient (Wildman–Crippen LogP) is 1.38. The van der Waals surface area contributed by atoms with Crippen molar-refractivity contribution in [2.24, 2.45) is 0 Å². The molecule has 0 aromatic heterocycles. The lowest BCUT2D eigenvalue weighted by Crippen LogP contribution is -2.39. The molecule has 1 aliphatic heterocycles. The average molecular weight is 276 g/mol. The van der Waals surface area contributed by atoms with Crippen LogP contribution in [0.3, 0.4) is 0 Å². The van der Waals surface area contributed by atoms with Crippen LogP contribution in [0.4, 0.5) is 0 Å². The topological polar surface area (TPSA) is 58.6 Å². The largest absolute Gasteiger partial charge is 0.346 e. The van der Waals surface area contributed by atoms with Crippen LogP contribution in [0.1, 0.15) is 30.4 Å². The molecule has 1 heterocycles. The van der Waals surface area contributed by atoms with Crippen LogP contribution in [-0.2, 0) is 14.4 Å². The van der Waals surface area contributed by atoms with E-state index in [-0.39, 0.29) is 24.3 Å². The molecule has 1 aromatic carbocycles. The summed E-state index contributed by atoms with van der Waals surface area (Å²) in [6.07, 6.45) is 0.847. The molecule has 5 heteroatoms. The van der Waals surface area contributed by atoms with Crippen LogP contribution in [0, 0.1) is 6.92 Å². The van der Waals surface area contributed by atoms with Crippen LogP contribution >= 0.6 is 0 Å². The number of nitrogens with one attached hydrogen (secondary N) is 1. The first kappa shape index (κ1) is 14.5.